The van der Waals surface area contributed by atoms with E-state index in [0.29, 0.717) is 44.1 Å². The minimum absolute atomic E-state index is 0.0285. The third-order valence-electron chi connectivity index (χ3n) is 5.72. The molecule has 2 fully saturated rings. The van der Waals surface area contributed by atoms with Gasteiger partial charge in [-0.2, -0.15) is 11.3 Å². The Hall–Kier alpha value is -2.71. The van der Waals surface area contributed by atoms with Crippen LogP contribution in [-0.4, -0.2) is 70.1 Å². The molecule has 2 aliphatic rings. The van der Waals surface area contributed by atoms with E-state index < -0.39 is 0 Å². The molecule has 5 heterocycles. The lowest BCUT2D eigenvalue weighted by atomic mass is 10.1. The second-order valence-corrected chi connectivity index (χ2v) is 8.55. The molecule has 3 aromatic rings. The summed E-state index contributed by atoms with van der Waals surface area (Å²) in [7, 11) is 1.92. The number of fused-ring (bicyclic) bond motifs is 4. The van der Waals surface area contributed by atoms with E-state index in [1.807, 2.05) is 56.6 Å². The number of hydrogen-bond acceptors (Lipinski definition) is 5. The molecule has 7 nitrogen and oxygen atoms in total. The standard InChI is InChI=1S/C21H22N4O3S/c1-23-6-4-15-2-3-18(22-19(15)23)21(27)25-9-14-8-24(10-17(25)12-28-11-14)20(26)16-5-7-29-13-16/h2-7,13-14,17H,8-12H2,1H3/t14-,17-/m0/s1. The van der Waals surface area contributed by atoms with Crippen molar-refractivity contribution in [1.29, 1.82) is 0 Å². The lowest BCUT2D eigenvalue weighted by molar-refractivity contribution is 0.0379. The van der Waals surface area contributed by atoms with E-state index >= 15 is 0 Å². The van der Waals surface area contributed by atoms with Crippen molar-refractivity contribution in [3.05, 3.63) is 52.5 Å². The fraction of sp³-hybridized carbons (Fsp3) is 0.381. The van der Waals surface area contributed by atoms with Gasteiger partial charge in [-0.3, -0.25) is 9.59 Å². The number of pyridine rings is 1. The van der Waals surface area contributed by atoms with Crippen LogP contribution in [0.1, 0.15) is 20.8 Å². The van der Waals surface area contributed by atoms with E-state index in [4.69, 9.17) is 4.74 Å². The number of hydrogen-bond donors (Lipinski definition) is 0. The van der Waals surface area contributed by atoms with Gasteiger partial charge in [-0.25, -0.2) is 4.98 Å². The van der Waals surface area contributed by atoms with Crippen LogP contribution in [-0.2, 0) is 11.8 Å². The van der Waals surface area contributed by atoms with Gasteiger partial charge < -0.3 is 19.1 Å². The molecule has 2 atom stereocenters. The zero-order chi connectivity index (χ0) is 20.0. The maximum absolute atomic E-state index is 13.4. The summed E-state index contributed by atoms with van der Waals surface area (Å²) in [5.74, 6) is 0.0204. The highest BCUT2D eigenvalue weighted by molar-refractivity contribution is 7.08. The number of aromatic nitrogens is 2. The molecule has 0 unspecified atom stereocenters. The summed E-state index contributed by atoms with van der Waals surface area (Å²) in [4.78, 5) is 34.6. The summed E-state index contributed by atoms with van der Waals surface area (Å²) in [6.07, 6.45) is 1.94. The van der Waals surface area contributed by atoms with Gasteiger partial charge in [-0.05, 0) is 29.6 Å². The van der Waals surface area contributed by atoms with Crippen LogP contribution in [0.5, 0.6) is 0 Å². The Morgan fingerprint density at radius 2 is 2.00 bits per heavy atom. The van der Waals surface area contributed by atoms with Crippen molar-refractivity contribution >= 4 is 34.2 Å². The molecule has 8 heteroatoms. The van der Waals surface area contributed by atoms with Crippen LogP contribution in [0.25, 0.3) is 11.0 Å². The molecule has 150 valence electrons. The van der Waals surface area contributed by atoms with Crippen molar-refractivity contribution in [1.82, 2.24) is 19.4 Å². The Kier molecular flexibility index (Phi) is 4.60. The first-order chi connectivity index (χ1) is 14.1. The number of thiophene rings is 1. The molecule has 2 saturated heterocycles. The quantitative estimate of drug-likeness (QED) is 0.650. The number of carbonyl (C=O) groups is 2. The van der Waals surface area contributed by atoms with Gasteiger partial charge in [0.05, 0.1) is 24.8 Å². The molecule has 0 N–H and O–H groups in total. The van der Waals surface area contributed by atoms with E-state index in [1.54, 1.807) is 6.07 Å². The van der Waals surface area contributed by atoms with Crippen molar-refractivity contribution < 1.29 is 14.3 Å². The molecule has 0 aromatic carbocycles. The minimum atomic E-state index is -0.177. The average molecular weight is 410 g/mol. The van der Waals surface area contributed by atoms with Crippen LogP contribution in [0.15, 0.2) is 41.2 Å². The normalized spacial score (nSPS) is 22.0. The summed E-state index contributed by atoms with van der Waals surface area (Å²) in [5.41, 5.74) is 1.94. The fourth-order valence-corrected chi connectivity index (χ4v) is 4.86. The highest BCUT2D eigenvalue weighted by Gasteiger charge is 2.38. The van der Waals surface area contributed by atoms with Crippen LogP contribution >= 0.6 is 11.3 Å². The first kappa shape index (κ1) is 18.3. The predicted molar refractivity (Wildman–Crippen MR) is 110 cm³/mol. The van der Waals surface area contributed by atoms with Crippen LogP contribution in [0.4, 0.5) is 0 Å². The van der Waals surface area contributed by atoms with Gasteiger partial charge >= 0.3 is 0 Å². The summed E-state index contributed by atoms with van der Waals surface area (Å²) in [6, 6.07) is 7.38. The first-order valence-electron chi connectivity index (χ1n) is 9.72. The number of amides is 2. The fourth-order valence-electron chi connectivity index (χ4n) is 4.23. The smallest absolute Gasteiger partial charge is 0.272 e. The molecule has 0 aliphatic carbocycles. The van der Waals surface area contributed by atoms with E-state index in [2.05, 4.69) is 4.98 Å². The third-order valence-corrected chi connectivity index (χ3v) is 6.40. The molecule has 0 spiro atoms. The minimum Gasteiger partial charge on any atom is -0.379 e. The van der Waals surface area contributed by atoms with Crippen LogP contribution in [0.2, 0.25) is 0 Å². The summed E-state index contributed by atoms with van der Waals surface area (Å²) < 4.78 is 7.73. The zero-order valence-corrected chi connectivity index (χ0v) is 17.0. The highest BCUT2D eigenvalue weighted by atomic mass is 32.1. The molecular formula is C21H22N4O3S. The lowest BCUT2D eigenvalue weighted by Gasteiger charge is -2.31. The number of rotatable bonds is 2. The third kappa shape index (κ3) is 3.32. The maximum atomic E-state index is 13.4. The number of carbonyl (C=O) groups excluding carboxylic acids is 2. The topological polar surface area (TPSA) is 67.7 Å². The van der Waals surface area contributed by atoms with Crippen molar-refractivity contribution in [2.45, 2.75) is 6.04 Å². The van der Waals surface area contributed by atoms with Crippen LogP contribution in [0.3, 0.4) is 0 Å². The van der Waals surface area contributed by atoms with Gasteiger partial charge in [0.25, 0.3) is 11.8 Å². The second-order valence-electron chi connectivity index (χ2n) is 7.77. The van der Waals surface area contributed by atoms with Gasteiger partial charge in [0, 0.05) is 49.6 Å². The molecule has 2 amide bonds. The largest absolute Gasteiger partial charge is 0.379 e. The van der Waals surface area contributed by atoms with Crippen molar-refractivity contribution in [2.24, 2.45) is 13.0 Å². The average Bonchev–Trinajstić information content (AvgIpc) is 3.28. The number of aryl methyl sites for hydroxylation is 1. The Morgan fingerprint density at radius 1 is 1.10 bits per heavy atom. The van der Waals surface area contributed by atoms with Gasteiger partial charge in [0.2, 0.25) is 0 Å². The Labute approximate surface area is 172 Å². The molecule has 5 rings (SSSR count). The second kappa shape index (κ2) is 7.27. The first-order valence-corrected chi connectivity index (χ1v) is 10.7. The van der Waals surface area contributed by atoms with E-state index in [0.717, 1.165) is 11.0 Å². The van der Waals surface area contributed by atoms with Crippen molar-refractivity contribution in [3.63, 3.8) is 0 Å². The van der Waals surface area contributed by atoms with E-state index in [-0.39, 0.29) is 23.8 Å². The van der Waals surface area contributed by atoms with E-state index in [1.165, 1.54) is 11.3 Å². The Morgan fingerprint density at radius 3 is 2.83 bits per heavy atom. The predicted octanol–water partition coefficient (Wildman–Crippen LogP) is 2.25. The zero-order valence-electron chi connectivity index (χ0n) is 16.2. The summed E-state index contributed by atoms with van der Waals surface area (Å²) in [6.45, 7) is 2.63. The van der Waals surface area contributed by atoms with Gasteiger partial charge in [-0.1, -0.05) is 0 Å². The molecule has 0 saturated carbocycles. The SMILES string of the molecule is Cn1ccc2ccc(C(=O)N3C[C@H]4COC[C@@H]3CN(C(=O)c3ccsc3)C4)nc21. The van der Waals surface area contributed by atoms with Gasteiger partial charge in [-0.15, -0.1) is 0 Å². The highest BCUT2D eigenvalue weighted by Crippen LogP contribution is 2.24. The maximum Gasteiger partial charge on any atom is 0.272 e. The van der Waals surface area contributed by atoms with Gasteiger partial charge in [0.1, 0.15) is 11.3 Å². The number of nitrogens with zero attached hydrogens (tertiary/aromatic N) is 4. The summed E-state index contributed by atoms with van der Waals surface area (Å²) in [5, 5.41) is 4.80. The molecule has 2 aliphatic heterocycles. The molecule has 0 radical (unpaired) electrons. The lowest BCUT2D eigenvalue weighted by Crippen LogP contribution is -2.48. The van der Waals surface area contributed by atoms with Crippen molar-refractivity contribution in [2.75, 3.05) is 32.8 Å². The molecule has 3 aromatic heterocycles. The summed E-state index contributed by atoms with van der Waals surface area (Å²) >= 11 is 1.52. The van der Waals surface area contributed by atoms with Crippen LogP contribution in [0, 0.1) is 5.92 Å². The van der Waals surface area contributed by atoms with Crippen LogP contribution < -0.4 is 0 Å². The van der Waals surface area contributed by atoms with E-state index in [9.17, 15) is 9.59 Å². The Balaban J connectivity index is 1.43. The monoisotopic (exact) mass is 410 g/mol. The van der Waals surface area contributed by atoms with Crippen molar-refractivity contribution in [3.8, 4) is 0 Å². The van der Waals surface area contributed by atoms with Gasteiger partial charge in [0.15, 0.2) is 0 Å². The number of ether oxygens (including phenoxy) is 1. The molecule has 2 bridgehead atoms. The molecular weight excluding hydrogens is 388 g/mol. The Bertz CT molecular complexity index is 1060. The molecule has 29 heavy (non-hydrogen) atoms.